The van der Waals surface area contributed by atoms with Gasteiger partial charge in [-0.05, 0) is 12.5 Å². The van der Waals surface area contributed by atoms with E-state index in [-0.39, 0.29) is 0 Å². The Labute approximate surface area is 84.2 Å². The highest BCUT2D eigenvalue weighted by Gasteiger charge is 2.22. The Morgan fingerprint density at radius 2 is 2.38 bits per heavy atom. The van der Waals surface area contributed by atoms with Gasteiger partial charge in [-0.15, -0.1) is 11.3 Å². The Bertz CT molecular complexity index is 460. The lowest BCUT2D eigenvalue weighted by Crippen LogP contribution is -1.98. The molecule has 2 heterocycles. The number of hydrogen-bond donors (Lipinski definition) is 0. The molecule has 0 aliphatic heterocycles. The van der Waals surface area contributed by atoms with Gasteiger partial charge in [0, 0.05) is 16.9 Å². The van der Waals surface area contributed by atoms with Crippen LogP contribution in [0.3, 0.4) is 0 Å². The number of thiazole rings is 1. The molecule has 0 amide bonds. The molecule has 0 radical (unpaired) electrons. The van der Waals surface area contributed by atoms with Crippen LogP contribution in [0.1, 0.15) is 10.6 Å². The molecule has 0 spiro atoms. The summed E-state index contributed by atoms with van der Waals surface area (Å²) in [7, 11) is 0. The van der Waals surface area contributed by atoms with E-state index < -0.39 is 0 Å². The van der Waals surface area contributed by atoms with Gasteiger partial charge in [0.2, 0.25) is 0 Å². The first-order chi connectivity index (χ1) is 6.34. The van der Waals surface area contributed by atoms with E-state index in [1.165, 1.54) is 4.88 Å². The Kier molecular flexibility index (Phi) is 1.51. The van der Waals surface area contributed by atoms with E-state index in [0.717, 1.165) is 29.9 Å². The van der Waals surface area contributed by atoms with Crippen LogP contribution in [-0.4, -0.2) is 4.98 Å². The third-order valence-electron chi connectivity index (χ3n) is 2.25. The number of nitrogens with zero attached hydrogens (tertiary/aromatic N) is 1. The molecule has 3 rings (SSSR count). The second-order valence-corrected chi connectivity index (χ2v) is 4.66. The van der Waals surface area contributed by atoms with Crippen molar-refractivity contribution < 1.29 is 4.42 Å². The predicted octanol–water partition coefficient (Wildman–Crippen LogP) is 3.16. The summed E-state index contributed by atoms with van der Waals surface area (Å²) in [6.07, 6.45) is 3.68. The van der Waals surface area contributed by atoms with Crippen LogP contribution in [0.5, 0.6) is 0 Å². The van der Waals surface area contributed by atoms with Gasteiger partial charge in [0.15, 0.2) is 4.47 Å². The molecule has 66 valence electrons. The molecule has 2 aromatic rings. The molecule has 13 heavy (non-hydrogen) atoms. The summed E-state index contributed by atoms with van der Waals surface area (Å²) in [5.74, 6) is 1.04. The van der Waals surface area contributed by atoms with Gasteiger partial charge in [-0.3, -0.25) is 0 Å². The zero-order valence-electron chi connectivity index (χ0n) is 6.71. The van der Waals surface area contributed by atoms with E-state index in [1.54, 1.807) is 17.6 Å². The van der Waals surface area contributed by atoms with Gasteiger partial charge in [0.05, 0.1) is 12.0 Å². The fraction of sp³-hybridized carbons (Fsp3) is 0.222. The van der Waals surface area contributed by atoms with Gasteiger partial charge in [-0.2, -0.15) is 0 Å². The number of rotatable bonds is 0. The number of furan rings is 1. The highest BCUT2D eigenvalue weighted by atomic mass is 35.5. The number of aryl methyl sites for hydroxylation is 2. The smallest absolute Gasteiger partial charge is 0.184 e. The first kappa shape index (κ1) is 7.59. The van der Waals surface area contributed by atoms with Crippen LogP contribution >= 0.6 is 22.9 Å². The van der Waals surface area contributed by atoms with Crippen molar-refractivity contribution in [1.82, 2.24) is 4.98 Å². The van der Waals surface area contributed by atoms with Crippen molar-refractivity contribution in [1.29, 1.82) is 0 Å². The maximum Gasteiger partial charge on any atom is 0.184 e. The van der Waals surface area contributed by atoms with Crippen LogP contribution in [0, 0.1) is 0 Å². The van der Waals surface area contributed by atoms with Crippen molar-refractivity contribution in [2.75, 3.05) is 0 Å². The van der Waals surface area contributed by atoms with Crippen molar-refractivity contribution >= 4 is 22.9 Å². The molecule has 0 atom stereocenters. The van der Waals surface area contributed by atoms with Gasteiger partial charge in [-0.25, -0.2) is 4.98 Å². The summed E-state index contributed by atoms with van der Waals surface area (Å²) in [6, 6.07) is 1.96. The molecule has 1 aliphatic rings. The van der Waals surface area contributed by atoms with Gasteiger partial charge in [0.25, 0.3) is 0 Å². The molecule has 0 aromatic carbocycles. The van der Waals surface area contributed by atoms with Crippen LogP contribution in [0.15, 0.2) is 16.7 Å². The standard InChI is InChI=1S/C9H6ClNOS/c10-9-11-8-5-3-4-12-6(5)1-2-7(8)13-9/h3-4H,1-2H2. The predicted molar refractivity (Wildman–Crippen MR) is 52.2 cm³/mol. The largest absolute Gasteiger partial charge is 0.469 e. The molecule has 0 N–H and O–H groups in total. The van der Waals surface area contributed by atoms with Crippen molar-refractivity contribution in [3.8, 4) is 11.3 Å². The number of hydrogen-bond acceptors (Lipinski definition) is 3. The lowest BCUT2D eigenvalue weighted by Gasteiger charge is -2.07. The summed E-state index contributed by atoms with van der Waals surface area (Å²) in [5, 5.41) is 0. The Hall–Kier alpha value is -0.800. The van der Waals surface area contributed by atoms with Crippen LogP contribution in [0.4, 0.5) is 0 Å². The fourth-order valence-corrected chi connectivity index (χ4v) is 2.84. The number of aromatic nitrogens is 1. The maximum absolute atomic E-state index is 5.86. The molecular weight excluding hydrogens is 206 g/mol. The average Bonchev–Trinajstić information content (AvgIpc) is 2.65. The zero-order valence-corrected chi connectivity index (χ0v) is 8.28. The van der Waals surface area contributed by atoms with Crippen LogP contribution in [0.2, 0.25) is 4.47 Å². The molecule has 1 aliphatic carbocycles. The number of fused-ring (bicyclic) bond motifs is 3. The molecule has 2 aromatic heterocycles. The van der Waals surface area contributed by atoms with Gasteiger partial charge in [0.1, 0.15) is 5.76 Å². The highest BCUT2D eigenvalue weighted by Crippen LogP contribution is 2.38. The van der Waals surface area contributed by atoms with Gasteiger partial charge < -0.3 is 4.42 Å². The van der Waals surface area contributed by atoms with Gasteiger partial charge in [-0.1, -0.05) is 11.6 Å². The van der Waals surface area contributed by atoms with E-state index in [9.17, 15) is 0 Å². The first-order valence-corrected chi connectivity index (χ1v) is 5.26. The summed E-state index contributed by atoms with van der Waals surface area (Å²) >= 11 is 7.43. The van der Waals surface area contributed by atoms with Crippen molar-refractivity contribution in [2.24, 2.45) is 0 Å². The molecule has 4 heteroatoms. The topological polar surface area (TPSA) is 26.0 Å². The number of halogens is 1. The minimum Gasteiger partial charge on any atom is -0.469 e. The maximum atomic E-state index is 5.86. The minimum atomic E-state index is 0.624. The summed E-state index contributed by atoms with van der Waals surface area (Å²) in [5.41, 5.74) is 2.13. The third kappa shape index (κ3) is 1.04. The van der Waals surface area contributed by atoms with E-state index in [4.69, 9.17) is 16.0 Å². The Balaban J connectivity index is 2.29. The minimum absolute atomic E-state index is 0.624. The zero-order chi connectivity index (χ0) is 8.84. The van der Waals surface area contributed by atoms with E-state index in [0.29, 0.717) is 4.47 Å². The Morgan fingerprint density at radius 3 is 3.31 bits per heavy atom. The van der Waals surface area contributed by atoms with E-state index in [1.807, 2.05) is 6.07 Å². The second kappa shape index (κ2) is 2.59. The SMILES string of the molecule is Clc1nc2c(s1)CCc1occc1-2. The van der Waals surface area contributed by atoms with Crippen molar-refractivity contribution in [2.45, 2.75) is 12.8 Å². The van der Waals surface area contributed by atoms with Crippen LogP contribution in [-0.2, 0) is 12.8 Å². The summed E-state index contributed by atoms with van der Waals surface area (Å²) in [6.45, 7) is 0. The third-order valence-corrected chi connectivity index (χ3v) is 3.47. The molecule has 0 saturated heterocycles. The van der Waals surface area contributed by atoms with Crippen molar-refractivity contribution in [3.63, 3.8) is 0 Å². The molecule has 2 nitrogen and oxygen atoms in total. The fourth-order valence-electron chi connectivity index (χ4n) is 1.68. The summed E-state index contributed by atoms with van der Waals surface area (Å²) in [4.78, 5) is 5.57. The highest BCUT2D eigenvalue weighted by molar-refractivity contribution is 7.16. The van der Waals surface area contributed by atoms with E-state index >= 15 is 0 Å². The quantitative estimate of drug-likeness (QED) is 0.669. The monoisotopic (exact) mass is 211 g/mol. The first-order valence-electron chi connectivity index (χ1n) is 4.06. The Morgan fingerprint density at radius 1 is 1.46 bits per heavy atom. The lowest BCUT2D eigenvalue weighted by molar-refractivity contribution is 0.508. The molecular formula is C9H6ClNOS. The van der Waals surface area contributed by atoms with Crippen molar-refractivity contribution in [3.05, 3.63) is 27.4 Å². The second-order valence-electron chi connectivity index (χ2n) is 3.00. The molecule has 0 saturated carbocycles. The normalized spacial score (nSPS) is 13.9. The molecule has 0 fully saturated rings. The van der Waals surface area contributed by atoms with Gasteiger partial charge >= 0.3 is 0 Å². The summed E-state index contributed by atoms with van der Waals surface area (Å²) < 4.78 is 5.97. The lowest BCUT2D eigenvalue weighted by atomic mass is 10.0. The molecule has 0 unspecified atom stereocenters. The van der Waals surface area contributed by atoms with E-state index in [2.05, 4.69) is 4.98 Å². The average molecular weight is 212 g/mol. The van der Waals surface area contributed by atoms with Crippen LogP contribution < -0.4 is 0 Å². The molecule has 0 bridgehead atoms. The van der Waals surface area contributed by atoms with Crippen LogP contribution in [0.25, 0.3) is 11.3 Å².